The second-order valence-corrected chi connectivity index (χ2v) is 9.61. The molecular formula is C25H30ClFN2O2S. The van der Waals surface area contributed by atoms with Crippen molar-refractivity contribution in [2.45, 2.75) is 63.4 Å². The van der Waals surface area contributed by atoms with Gasteiger partial charge in [-0.25, -0.2) is 4.39 Å². The normalized spacial score (nSPS) is 15.2. The Kier molecular flexibility index (Phi) is 9.42. The lowest BCUT2D eigenvalue weighted by atomic mass is 9.95. The molecule has 1 saturated carbocycles. The van der Waals surface area contributed by atoms with Gasteiger partial charge in [-0.15, -0.1) is 11.8 Å². The van der Waals surface area contributed by atoms with Crippen LogP contribution in [-0.2, 0) is 21.9 Å². The van der Waals surface area contributed by atoms with Crippen LogP contribution in [0.1, 0.15) is 50.2 Å². The van der Waals surface area contributed by atoms with Crippen LogP contribution in [0.15, 0.2) is 48.5 Å². The Balaban J connectivity index is 1.67. The first-order chi connectivity index (χ1) is 15.5. The fraction of sp³-hybridized carbons (Fsp3) is 0.440. The fourth-order valence-corrected chi connectivity index (χ4v) is 5.00. The maximum absolute atomic E-state index is 13.9. The van der Waals surface area contributed by atoms with Crippen LogP contribution in [0.2, 0.25) is 5.02 Å². The van der Waals surface area contributed by atoms with Gasteiger partial charge in [-0.3, -0.25) is 9.59 Å². The van der Waals surface area contributed by atoms with E-state index in [9.17, 15) is 14.0 Å². The number of halogens is 2. The van der Waals surface area contributed by atoms with Gasteiger partial charge in [-0.2, -0.15) is 0 Å². The molecule has 172 valence electrons. The van der Waals surface area contributed by atoms with Crippen molar-refractivity contribution in [2.75, 3.05) is 5.75 Å². The Morgan fingerprint density at radius 2 is 1.75 bits per heavy atom. The summed E-state index contributed by atoms with van der Waals surface area (Å²) in [5, 5.41) is 3.68. The molecule has 1 fully saturated rings. The molecule has 1 N–H and O–H groups in total. The lowest BCUT2D eigenvalue weighted by molar-refractivity contribution is -0.139. The van der Waals surface area contributed by atoms with Crippen LogP contribution in [0.5, 0.6) is 0 Å². The molecule has 0 aliphatic heterocycles. The zero-order chi connectivity index (χ0) is 22.9. The molecule has 1 atom stereocenters. The molecule has 0 bridgehead atoms. The number of hydrogen-bond donors (Lipinski definition) is 1. The number of benzene rings is 2. The molecule has 3 rings (SSSR count). The second-order valence-electron chi connectivity index (χ2n) is 8.22. The number of carbonyl (C=O) groups excluding carboxylic acids is 2. The van der Waals surface area contributed by atoms with Gasteiger partial charge in [0, 0.05) is 23.4 Å². The monoisotopic (exact) mass is 476 g/mol. The summed E-state index contributed by atoms with van der Waals surface area (Å²) in [6, 6.07) is 13.4. The van der Waals surface area contributed by atoms with Crippen molar-refractivity contribution >= 4 is 35.2 Å². The van der Waals surface area contributed by atoms with E-state index in [4.69, 9.17) is 11.6 Å². The molecule has 7 heteroatoms. The number of nitrogens with zero attached hydrogens (tertiary/aromatic N) is 1. The van der Waals surface area contributed by atoms with Gasteiger partial charge in [-0.05, 0) is 43.0 Å². The SMILES string of the molecule is C[C@@H](C(=O)NC1CCCCC1)N(Cc1ccccc1Cl)C(=O)CSCc1ccccc1F. The summed E-state index contributed by atoms with van der Waals surface area (Å²) in [5.74, 6) is -0.0459. The fourth-order valence-electron chi connectivity index (χ4n) is 3.91. The standard InChI is InChI=1S/C25H30ClFN2O2S/c1-18(25(31)28-21-11-3-2-4-12-21)29(15-19-9-5-7-13-22(19)26)24(30)17-32-16-20-10-6-8-14-23(20)27/h5-10,13-14,18,21H,2-4,11-12,15-17H2,1H3,(H,28,31)/t18-/m0/s1. The Hall–Kier alpha value is -2.05. The highest BCUT2D eigenvalue weighted by Gasteiger charge is 2.28. The van der Waals surface area contributed by atoms with E-state index < -0.39 is 6.04 Å². The van der Waals surface area contributed by atoms with Gasteiger partial charge in [0.25, 0.3) is 0 Å². The average molecular weight is 477 g/mol. The van der Waals surface area contributed by atoms with E-state index in [-0.39, 0.29) is 36.0 Å². The highest BCUT2D eigenvalue weighted by molar-refractivity contribution is 7.99. The van der Waals surface area contributed by atoms with Gasteiger partial charge in [0.1, 0.15) is 11.9 Å². The molecule has 0 spiro atoms. The summed E-state index contributed by atoms with van der Waals surface area (Å²) in [6.07, 6.45) is 5.41. The minimum atomic E-state index is -0.630. The molecule has 2 aromatic carbocycles. The first-order valence-corrected chi connectivity index (χ1v) is 12.6. The summed E-state index contributed by atoms with van der Waals surface area (Å²) in [7, 11) is 0. The highest BCUT2D eigenvalue weighted by atomic mass is 35.5. The smallest absolute Gasteiger partial charge is 0.242 e. The van der Waals surface area contributed by atoms with E-state index in [1.54, 1.807) is 36.1 Å². The molecule has 0 heterocycles. The Morgan fingerprint density at radius 3 is 2.44 bits per heavy atom. The minimum absolute atomic E-state index is 0.142. The first-order valence-electron chi connectivity index (χ1n) is 11.1. The molecule has 2 aromatic rings. The van der Waals surface area contributed by atoms with E-state index in [0.29, 0.717) is 16.3 Å². The van der Waals surface area contributed by atoms with Crippen LogP contribution in [0, 0.1) is 5.82 Å². The van der Waals surface area contributed by atoms with Crippen molar-refractivity contribution in [1.29, 1.82) is 0 Å². The third-order valence-corrected chi connectivity index (χ3v) is 7.19. The van der Waals surface area contributed by atoms with Crippen molar-refractivity contribution < 1.29 is 14.0 Å². The average Bonchev–Trinajstić information content (AvgIpc) is 2.80. The van der Waals surface area contributed by atoms with Gasteiger partial charge >= 0.3 is 0 Å². The van der Waals surface area contributed by atoms with Crippen molar-refractivity contribution in [2.24, 2.45) is 0 Å². The predicted octanol–water partition coefficient (Wildman–Crippen LogP) is 5.58. The number of rotatable bonds is 9. The van der Waals surface area contributed by atoms with Crippen molar-refractivity contribution in [1.82, 2.24) is 10.2 Å². The zero-order valence-corrected chi connectivity index (χ0v) is 19.9. The van der Waals surface area contributed by atoms with Crippen molar-refractivity contribution in [3.63, 3.8) is 0 Å². The van der Waals surface area contributed by atoms with E-state index in [2.05, 4.69) is 5.32 Å². The Bertz CT molecular complexity index is 920. The van der Waals surface area contributed by atoms with Gasteiger partial charge in [0.2, 0.25) is 11.8 Å². The number of nitrogens with one attached hydrogen (secondary N) is 1. The summed E-state index contributed by atoms with van der Waals surface area (Å²) in [4.78, 5) is 27.7. The predicted molar refractivity (Wildman–Crippen MR) is 129 cm³/mol. The van der Waals surface area contributed by atoms with Crippen LogP contribution < -0.4 is 5.32 Å². The quantitative estimate of drug-likeness (QED) is 0.514. The van der Waals surface area contributed by atoms with Crippen LogP contribution in [0.4, 0.5) is 4.39 Å². The summed E-state index contributed by atoms with van der Waals surface area (Å²) in [6.45, 7) is 2.01. The maximum atomic E-state index is 13.9. The van der Waals surface area contributed by atoms with E-state index in [1.165, 1.54) is 24.2 Å². The third-order valence-electron chi connectivity index (χ3n) is 5.86. The second kappa shape index (κ2) is 12.3. The molecule has 32 heavy (non-hydrogen) atoms. The van der Waals surface area contributed by atoms with Crippen molar-refractivity contribution in [3.05, 3.63) is 70.5 Å². The van der Waals surface area contributed by atoms with Crippen LogP contribution >= 0.6 is 23.4 Å². The summed E-state index contributed by atoms with van der Waals surface area (Å²) in [5.41, 5.74) is 1.35. The Labute approximate surface area is 198 Å². The molecule has 1 aliphatic rings. The topological polar surface area (TPSA) is 49.4 Å². The number of amides is 2. The van der Waals surface area contributed by atoms with Gasteiger partial charge < -0.3 is 10.2 Å². The van der Waals surface area contributed by atoms with Gasteiger partial charge in [-0.1, -0.05) is 67.3 Å². The lowest BCUT2D eigenvalue weighted by Crippen LogP contribution is -2.50. The number of thioether (sulfide) groups is 1. The summed E-state index contributed by atoms with van der Waals surface area (Å²) < 4.78 is 13.9. The van der Waals surface area contributed by atoms with Crippen LogP contribution in [-0.4, -0.2) is 34.6 Å². The largest absolute Gasteiger partial charge is 0.352 e. The zero-order valence-electron chi connectivity index (χ0n) is 18.4. The first kappa shape index (κ1) is 24.6. The number of carbonyl (C=O) groups is 2. The molecule has 2 amide bonds. The number of hydrogen-bond acceptors (Lipinski definition) is 3. The van der Waals surface area contributed by atoms with Crippen molar-refractivity contribution in [3.8, 4) is 0 Å². The van der Waals surface area contributed by atoms with E-state index >= 15 is 0 Å². The molecule has 0 saturated heterocycles. The molecular weight excluding hydrogens is 447 g/mol. The minimum Gasteiger partial charge on any atom is -0.352 e. The van der Waals surface area contributed by atoms with Gasteiger partial charge in [0.15, 0.2) is 0 Å². The molecule has 0 aromatic heterocycles. The Morgan fingerprint density at radius 1 is 1.09 bits per heavy atom. The third kappa shape index (κ3) is 6.97. The molecule has 1 aliphatic carbocycles. The molecule has 0 unspecified atom stereocenters. The highest BCUT2D eigenvalue weighted by Crippen LogP contribution is 2.22. The van der Waals surface area contributed by atoms with Gasteiger partial charge in [0.05, 0.1) is 5.75 Å². The van der Waals surface area contributed by atoms with Crippen LogP contribution in [0.25, 0.3) is 0 Å². The van der Waals surface area contributed by atoms with Crippen LogP contribution in [0.3, 0.4) is 0 Å². The summed E-state index contributed by atoms with van der Waals surface area (Å²) >= 11 is 7.67. The maximum Gasteiger partial charge on any atom is 0.242 e. The van der Waals surface area contributed by atoms with E-state index in [0.717, 1.165) is 31.2 Å². The molecule has 0 radical (unpaired) electrons. The van der Waals surface area contributed by atoms with E-state index in [1.807, 2.05) is 18.2 Å². The lowest BCUT2D eigenvalue weighted by Gasteiger charge is -2.31. The molecule has 4 nitrogen and oxygen atoms in total.